The Morgan fingerprint density at radius 2 is 0.549 bits per heavy atom. The van der Waals surface area contributed by atoms with Gasteiger partial charge in [0.25, 0.3) is 0 Å². The van der Waals surface area contributed by atoms with Crippen LogP contribution >= 0.6 is 0 Å². The number of fused-ring (bicyclic) bond motifs is 10. The molecule has 2 amide bonds. The number of amides is 2. The molecule has 4 N–H and O–H groups in total. The molecule has 0 fully saturated rings. The summed E-state index contributed by atoms with van der Waals surface area (Å²) in [6.07, 6.45) is 29.8. The van der Waals surface area contributed by atoms with Crippen molar-refractivity contribution < 1.29 is 9.59 Å². The average Bonchev–Trinajstić information content (AvgIpc) is 1.62. The van der Waals surface area contributed by atoms with E-state index in [1.807, 2.05) is 0 Å². The van der Waals surface area contributed by atoms with Crippen LogP contribution in [0.4, 0.5) is 0 Å². The normalized spacial score (nSPS) is 15.1. The number of carbonyl (C=O) groups is 2. The van der Waals surface area contributed by atoms with Crippen LogP contribution in [0.3, 0.4) is 0 Å². The van der Waals surface area contributed by atoms with Crippen LogP contribution in [0.1, 0.15) is 326 Å². The Kier molecular flexibility index (Phi) is 25.9. The van der Waals surface area contributed by atoms with E-state index in [0.717, 1.165) is 240 Å². The molecule has 12 heteroatoms. The molecule has 6 aromatic rings. The first kappa shape index (κ1) is 75.3. The third kappa shape index (κ3) is 17.0. The van der Waals surface area contributed by atoms with Crippen molar-refractivity contribution in [2.24, 2.45) is 0 Å². The number of allylic oxidation sites excluding steroid dienone is 6. The Morgan fingerprint density at radius 3 is 0.814 bits per heavy atom. The molecule has 0 radical (unpaired) electrons. The van der Waals surface area contributed by atoms with Crippen LogP contribution in [0.15, 0.2) is 48.5 Å². The number of nitrogens with one attached hydrogen (secondary N) is 4. The van der Waals surface area contributed by atoms with Crippen molar-refractivity contribution in [3.8, 4) is 0 Å². The van der Waals surface area contributed by atoms with Gasteiger partial charge in [0.1, 0.15) is 0 Å². The standard InChI is InChI=1S/C90H122N10O2/c1-15-21-27-31-37-65-57(7)73-51-85-70-42-36-46-100(44-26-20-6)90(102)48-72-64(14)80-54-84-67(39-33-29-23-17-3)59(9)77(95-84)55-87-71(63(13)79(97-87)53-83-68(40-34-30-24-18-4)60(10)78(96-83)56-88(72)98-80)47-89(101)99(43-25-19-5)45-35-41-69-61(11)75(49-81(65)91-73)93-86(69)52-74-58(8)66(38-32-28-22-16-2)82(92-74)50-76(94-85)62(70)12/h49-56,91-92,95-96H,15-48H2,1-14H3. The van der Waals surface area contributed by atoms with Crippen LogP contribution in [0.2, 0.25) is 0 Å². The van der Waals surface area contributed by atoms with E-state index < -0.39 is 0 Å². The summed E-state index contributed by atoms with van der Waals surface area (Å²) in [5.41, 5.74) is 34.9. The molecule has 12 nitrogen and oxygen atoms in total. The van der Waals surface area contributed by atoms with E-state index >= 15 is 9.59 Å². The first-order valence-electron chi connectivity index (χ1n) is 40.3. The molecule has 6 aromatic heterocycles. The molecule has 0 unspecified atom stereocenters. The van der Waals surface area contributed by atoms with Crippen molar-refractivity contribution in [3.63, 3.8) is 0 Å². The van der Waals surface area contributed by atoms with Crippen LogP contribution in [0, 0.1) is 27.7 Å². The van der Waals surface area contributed by atoms with E-state index in [0.29, 0.717) is 26.2 Å². The van der Waals surface area contributed by atoms with Crippen molar-refractivity contribution in [1.82, 2.24) is 49.7 Å². The van der Waals surface area contributed by atoms with E-state index in [-0.39, 0.29) is 24.7 Å². The predicted molar refractivity (Wildman–Crippen MR) is 433 cm³/mol. The zero-order valence-corrected chi connectivity index (χ0v) is 65.2. The maximum Gasteiger partial charge on any atom is 0.227 e. The molecule has 0 atom stereocenters. The molecule has 6 aliphatic rings. The monoisotopic (exact) mass is 1370 g/mol. The van der Waals surface area contributed by atoms with E-state index in [4.69, 9.17) is 19.9 Å². The lowest BCUT2D eigenvalue weighted by molar-refractivity contribution is -0.131. The highest BCUT2D eigenvalue weighted by Gasteiger charge is 2.29. The first-order chi connectivity index (χ1) is 49.5. The molecule has 12 rings (SSSR count). The quantitative estimate of drug-likeness (QED) is 0.0396. The summed E-state index contributed by atoms with van der Waals surface area (Å²) in [5, 5.41) is 0. The molecule has 0 saturated heterocycles. The Labute approximate surface area is 610 Å². The smallest absolute Gasteiger partial charge is 0.227 e. The number of hydrogen-bond acceptors (Lipinski definition) is 6. The molecule has 0 aliphatic carbocycles. The van der Waals surface area contributed by atoms with Crippen LogP contribution < -0.4 is 0 Å². The lowest BCUT2D eigenvalue weighted by Crippen LogP contribution is -2.33. The molecule has 0 aromatic carbocycles. The number of H-pyrrole nitrogens is 4. The molecule has 12 heterocycles. The second-order valence-corrected chi connectivity index (χ2v) is 30.6. The highest BCUT2D eigenvalue weighted by atomic mass is 16.2. The SMILES string of the molecule is CCCCCCc1c(C)c2cc3nc4cc5[nH]c(cc6nc(cc1[nH]2)C(C)=C6CCCN(CCCC)C(=O)CC1=C(C)c2cc6[nH]c(cc7nc(cc8[nH]c(cc1n2)c(C)c8CCCCCC)C(C)=C7CC(=O)N(CCCC)CCCC3=C4C)c(C)c6CCCCCC)c(C)c5CCCCCC. The van der Waals surface area contributed by atoms with Gasteiger partial charge in [-0.2, -0.15) is 0 Å². The summed E-state index contributed by atoms with van der Waals surface area (Å²) >= 11 is 0. The fraction of sp³-hybridized carbons (Fsp3) is 0.533. The second kappa shape index (κ2) is 35.1. The number of nitrogens with zero attached hydrogens (tertiary/aromatic N) is 6. The number of hydrogen-bond donors (Lipinski definition) is 4. The molecule has 544 valence electrons. The molecule has 0 spiro atoms. The van der Waals surface area contributed by atoms with Gasteiger partial charge < -0.3 is 29.7 Å². The lowest BCUT2D eigenvalue weighted by Gasteiger charge is -2.23. The van der Waals surface area contributed by atoms with E-state index in [1.54, 1.807) is 0 Å². The minimum atomic E-state index is 0.133. The highest BCUT2D eigenvalue weighted by Crippen LogP contribution is 2.42. The molecule has 6 aliphatic heterocycles. The summed E-state index contributed by atoms with van der Waals surface area (Å²) in [6.45, 7) is 34.2. The highest BCUT2D eigenvalue weighted by molar-refractivity contribution is 6.03. The second-order valence-electron chi connectivity index (χ2n) is 30.6. The van der Waals surface area contributed by atoms with Crippen molar-refractivity contribution >= 4 is 101 Å². The topological polar surface area (TPSA) is 155 Å². The van der Waals surface area contributed by atoms with Crippen LogP contribution in [-0.2, 0) is 35.3 Å². The molecule has 0 saturated carbocycles. The first-order valence-corrected chi connectivity index (χ1v) is 40.3. The predicted octanol–water partition coefficient (Wildman–Crippen LogP) is 23.7. The van der Waals surface area contributed by atoms with Crippen molar-refractivity contribution in [2.45, 2.75) is 290 Å². The van der Waals surface area contributed by atoms with Gasteiger partial charge in [-0.3, -0.25) is 9.59 Å². The van der Waals surface area contributed by atoms with Crippen LogP contribution in [0.25, 0.3) is 88.7 Å². The van der Waals surface area contributed by atoms with Gasteiger partial charge >= 0.3 is 0 Å². The average molecular weight is 1380 g/mol. The minimum Gasteiger partial charge on any atom is -0.355 e. The number of aryl methyl sites for hydroxylation is 8. The number of rotatable bonds is 26. The largest absolute Gasteiger partial charge is 0.355 e. The lowest BCUT2D eigenvalue weighted by atomic mass is 9.98. The van der Waals surface area contributed by atoms with Gasteiger partial charge in [0, 0.05) is 70.3 Å². The fourth-order valence-electron chi connectivity index (χ4n) is 16.6. The molecule has 102 heavy (non-hydrogen) atoms. The zero-order valence-electron chi connectivity index (χ0n) is 65.2. The molecular formula is C90H122N10O2. The van der Waals surface area contributed by atoms with E-state index in [9.17, 15) is 0 Å². The van der Waals surface area contributed by atoms with Crippen LogP contribution in [0.5, 0.6) is 0 Å². The summed E-state index contributed by atoms with van der Waals surface area (Å²) in [4.78, 5) is 74.1. The number of unbranched alkanes of at least 4 members (excludes halogenated alkanes) is 14. The summed E-state index contributed by atoms with van der Waals surface area (Å²) in [7, 11) is 0. The van der Waals surface area contributed by atoms with E-state index in [1.165, 1.54) is 118 Å². The number of aromatic nitrogens is 8. The van der Waals surface area contributed by atoms with Crippen molar-refractivity contribution in [1.29, 1.82) is 0 Å². The van der Waals surface area contributed by atoms with Gasteiger partial charge in [0.15, 0.2) is 0 Å². The third-order valence-corrected chi connectivity index (χ3v) is 23.4. The van der Waals surface area contributed by atoms with Gasteiger partial charge in [-0.1, -0.05) is 131 Å². The Hall–Kier alpha value is -7.86. The summed E-state index contributed by atoms with van der Waals surface area (Å²) in [6, 6.07) is 18.3. The van der Waals surface area contributed by atoms with E-state index in [2.05, 4.69) is 175 Å². The number of carbonyl (C=O) groups excluding carboxylic acids is 2. The minimum absolute atomic E-state index is 0.133. The van der Waals surface area contributed by atoms with Gasteiger partial charge in [-0.15, -0.1) is 0 Å². The van der Waals surface area contributed by atoms with Crippen molar-refractivity contribution in [2.75, 3.05) is 26.2 Å². The Morgan fingerprint density at radius 1 is 0.304 bits per heavy atom. The summed E-state index contributed by atoms with van der Waals surface area (Å²) < 4.78 is 0. The zero-order chi connectivity index (χ0) is 72.1. The van der Waals surface area contributed by atoms with Crippen molar-refractivity contribution in [3.05, 3.63) is 139 Å². The van der Waals surface area contributed by atoms with Crippen LogP contribution in [-0.4, -0.2) is 87.7 Å². The van der Waals surface area contributed by atoms with Gasteiger partial charge in [0.05, 0.1) is 58.4 Å². The maximum atomic E-state index is 15.7. The van der Waals surface area contributed by atoms with Gasteiger partial charge in [-0.05, 0) is 283 Å². The molecule has 20 bridgehead atoms. The Balaban J connectivity index is 1.14. The molecular weight excluding hydrogens is 1250 g/mol. The number of aromatic amines is 4. The summed E-state index contributed by atoms with van der Waals surface area (Å²) in [5.74, 6) is 0.266. The Bertz CT molecular complexity index is 4260. The van der Waals surface area contributed by atoms with Gasteiger partial charge in [0.2, 0.25) is 11.8 Å². The maximum absolute atomic E-state index is 15.7. The third-order valence-electron chi connectivity index (χ3n) is 23.4. The fourth-order valence-corrected chi connectivity index (χ4v) is 16.6. The van der Waals surface area contributed by atoms with Gasteiger partial charge in [-0.25, -0.2) is 19.9 Å².